The fourth-order valence-corrected chi connectivity index (χ4v) is 5.93. The van der Waals surface area contributed by atoms with E-state index in [-0.39, 0.29) is 124 Å². The molecule has 16 nitrogen and oxygen atoms in total. The van der Waals surface area contributed by atoms with E-state index in [1.165, 1.54) is 51.5 Å². The third kappa shape index (κ3) is 14.1. The largest absolute Gasteiger partial charge is 0.494 e. The smallest absolute Gasteiger partial charge is 0.328 e. The van der Waals surface area contributed by atoms with E-state index in [1.54, 1.807) is 0 Å². The van der Waals surface area contributed by atoms with E-state index in [1.807, 2.05) is 55.4 Å². The maximum absolute atomic E-state index is 14.4. The predicted octanol–water partition coefficient (Wildman–Crippen LogP) is 8.40. The molecule has 0 heterocycles. The van der Waals surface area contributed by atoms with E-state index in [0.29, 0.717) is 0 Å². The van der Waals surface area contributed by atoms with E-state index in [0.717, 1.165) is 7.11 Å². The highest BCUT2D eigenvalue weighted by Crippen LogP contribution is 2.44. The number of methoxy groups -OCH3 is 3. The molecule has 3 aromatic carbocycles. The van der Waals surface area contributed by atoms with Crippen molar-refractivity contribution in [3.63, 3.8) is 0 Å². The molecule has 0 radical (unpaired) electrons. The lowest BCUT2D eigenvalue weighted by atomic mass is 10.0. The maximum Gasteiger partial charge on any atom is 0.328 e. The minimum atomic E-state index is -1.18. The Morgan fingerprint density at radius 2 is 0.825 bits per heavy atom. The molecule has 0 spiro atoms. The van der Waals surface area contributed by atoms with Gasteiger partial charge in [-0.15, -0.1) is 0 Å². The SMILES string of the molecule is COC(=O)[C@H](C)NC(=O)c1c(OC)c(NC(=O)c2cc(C(=O)Cl)c(OCC(C)C)cc2OCC(C)C)cc(NC(=O)c2cc(C(=O)Cl)c(OCC(C)C)cc2OCC(C)C)c1OC. The number of hydrogen-bond acceptors (Lipinski definition) is 13. The third-order valence-electron chi connectivity index (χ3n) is 8.63. The molecule has 0 aliphatic carbocycles. The molecule has 0 unspecified atom stereocenters. The number of carbonyl (C=O) groups is 6. The fraction of sp³-hybridized carbons (Fsp3) is 0.467. The Kier molecular flexibility index (Phi) is 19.4. The van der Waals surface area contributed by atoms with E-state index in [2.05, 4.69) is 16.0 Å². The topological polar surface area (TPSA) is 203 Å². The van der Waals surface area contributed by atoms with Gasteiger partial charge >= 0.3 is 5.97 Å². The van der Waals surface area contributed by atoms with Crippen molar-refractivity contribution in [1.29, 1.82) is 0 Å². The zero-order valence-corrected chi connectivity index (χ0v) is 39.2. The molecular weight excluding hydrogens is 861 g/mol. The van der Waals surface area contributed by atoms with Crippen molar-refractivity contribution in [1.82, 2.24) is 5.32 Å². The Hall–Kier alpha value is -5.74. The number of ether oxygens (including phenoxy) is 7. The summed E-state index contributed by atoms with van der Waals surface area (Å²) in [5.41, 5.74) is -1.25. The van der Waals surface area contributed by atoms with Gasteiger partial charge in [-0.2, -0.15) is 0 Å². The van der Waals surface area contributed by atoms with Gasteiger partial charge in [0.2, 0.25) is 0 Å². The van der Waals surface area contributed by atoms with E-state index < -0.39 is 40.2 Å². The Bertz CT molecular complexity index is 2040. The highest BCUT2D eigenvalue weighted by Gasteiger charge is 2.31. The lowest BCUT2D eigenvalue weighted by Gasteiger charge is -2.23. The Morgan fingerprint density at radius 3 is 1.11 bits per heavy atom. The van der Waals surface area contributed by atoms with Crippen LogP contribution in [0.4, 0.5) is 11.4 Å². The average Bonchev–Trinajstić information content (AvgIpc) is 3.21. The fourth-order valence-electron chi connectivity index (χ4n) is 5.64. The second-order valence-corrected chi connectivity index (χ2v) is 16.8. The summed E-state index contributed by atoms with van der Waals surface area (Å²) in [4.78, 5) is 80.7. The molecule has 0 aliphatic heterocycles. The van der Waals surface area contributed by atoms with Crippen molar-refractivity contribution >= 4 is 68.8 Å². The van der Waals surface area contributed by atoms with Crippen LogP contribution < -0.4 is 44.4 Å². The molecule has 1 atom stereocenters. The first kappa shape index (κ1) is 51.6. The van der Waals surface area contributed by atoms with Gasteiger partial charge in [-0.25, -0.2) is 4.79 Å². The van der Waals surface area contributed by atoms with Crippen LogP contribution in [0.25, 0.3) is 0 Å². The van der Waals surface area contributed by atoms with Crippen molar-refractivity contribution in [3.05, 3.63) is 58.1 Å². The average molecular weight is 919 g/mol. The minimum absolute atomic E-state index is 0.0234. The summed E-state index contributed by atoms with van der Waals surface area (Å²) in [6, 6.07) is 5.33. The number of nitrogens with one attached hydrogen (secondary N) is 3. The Morgan fingerprint density at radius 1 is 0.492 bits per heavy atom. The number of hydrogen-bond donors (Lipinski definition) is 3. The molecule has 0 saturated carbocycles. The van der Waals surface area contributed by atoms with Gasteiger partial charge in [0.1, 0.15) is 34.6 Å². The zero-order valence-electron chi connectivity index (χ0n) is 37.7. The van der Waals surface area contributed by atoms with Crippen LogP contribution in [-0.4, -0.2) is 88.0 Å². The van der Waals surface area contributed by atoms with Gasteiger partial charge in [-0.1, -0.05) is 55.4 Å². The predicted molar refractivity (Wildman–Crippen MR) is 239 cm³/mol. The van der Waals surface area contributed by atoms with Crippen LogP contribution in [0, 0.1) is 23.7 Å². The molecule has 344 valence electrons. The number of halogens is 2. The first-order valence-electron chi connectivity index (χ1n) is 20.2. The quantitative estimate of drug-likeness (QED) is 0.0605. The van der Waals surface area contributed by atoms with Gasteiger partial charge in [0.05, 0.1) is 81.4 Å². The van der Waals surface area contributed by atoms with Crippen LogP contribution in [0.3, 0.4) is 0 Å². The normalized spacial score (nSPS) is 11.5. The third-order valence-corrected chi connectivity index (χ3v) is 9.04. The van der Waals surface area contributed by atoms with Crippen LogP contribution >= 0.6 is 23.2 Å². The monoisotopic (exact) mass is 917 g/mol. The molecule has 0 aromatic heterocycles. The summed E-state index contributed by atoms with van der Waals surface area (Å²) in [6.45, 7) is 17.5. The van der Waals surface area contributed by atoms with Crippen molar-refractivity contribution in [2.24, 2.45) is 23.7 Å². The van der Waals surface area contributed by atoms with Gasteiger partial charge < -0.3 is 49.1 Å². The molecule has 0 saturated heterocycles. The van der Waals surface area contributed by atoms with Crippen molar-refractivity contribution < 1.29 is 61.9 Å². The maximum atomic E-state index is 14.4. The van der Waals surface area contributed by atoms with Crippen molar-refractivity contribution in [3.8, 4) is 34.5 Å². The van der Waals surface area contributed by atoms with E-state index in [4.69, 9.17) is 56.4 Å². The van der Waals surface area contributed by atoms with Crippen LogP contribution in [0.15, 0.2) is 30.3 Å². The summed E-state index contributed by atoms with van der Waals surface area (Å²) in [6.07, 6.45) is 0. The lowest BCUT2D eigenvalue weighted by Crippen LogP contribution is -2.39. The number of amides is 3. The summed E-state index contributed by atoms with van der Waals surface area (Å²) in [5, 5.41) is 6.12. The van der Waals surface area contributed by atoms with Crippen LogP contribution in [0.1, 0.15) is 114 Å². The van der Waals surface area contributed by atoms with Crippen LogP contribution in [-0.2, 0) is 9.53 Å². The molecule has 3 aromatic rings. The zero-order chi connectivity index (χ0) is 47.3. The summed E-state index contributed by atoms with van der Waals surface area (Å²) in [5.74, 6) is -3.44. The molecule has 3 amide bonds. The first-order chi connectivity index (χ1) is 29.6. The molecule has 0 aliphatic rings. The number of carbonyl (C=O) groups excluding carboxylic acids is 6. The van der Waals surface area contributed by atoms with Gasteiger partial charge in [0.25, 0.3) is 28.2 Å². The molecule has 18 heteroatoms. The molecular formula is C45H57Cl2N3O13. The highest BCUT2D eigenvalue weighted by atomic mass is 35.5. The van der Waals surface area contributed by atoms with Crippen molar-refractivity contribution in [2.45, 2.75) is 68.4 Å². The molecule has 63 heavy (non-hydrogen) atoms. The molecule has 3 rings (SSSR count). The number of benzene rings is 3. The van der Waals surface area contributed by atoms with Gasteiger partial charge in [0.15, 0.2) is 11.5 Å². The first-order valence-corrected chi connectivity index (χ1v) is 21.0. The number of rotatable bonds is 23. The number of esters is 1. The summed E-state index contributed by atoms with van der Waals surface area (Å²) >= 11 is 12.0. The minimum Gasteiger partial charge on any atom is -0.494 e. The highest BCUT2D eigenvalue weighted by molar-refractivity contribution is 6.68. The van der Waals surface area contributed by atoms with E-state index in [9.17, 15) is 28.8 Å². The van der Waals surface area contributed by atoms with Gasteiger partial charge in [0, 0.05) is 12.1 Å². The summed E-state index contributed by atoms with van der Waals surface area (Å²) < 4.78 is 40.0. The Labute approximate surface area is 377 Å². The second-order valence-electron chi connectivity index (χ2n) is 16.1. The van der Waals surface area contributed by atoms with Gasteiger partial charge in [-0.3, -0.25) is 24.0 Å². The lowest BCUT2D eigenvalue weighted by molar-refractivity contribution is -0.142. The molecule has 3 N–H and O–H groups in total. The Balaban J connectivity index is 2.34. The molecule has 0 fully saturated rings. The number of anilines is 2. The van der Waals surface area contributed by atoms with E-state index >= 15 is 0 Å². The molecule has 0 bridgehead atoms. The van der Waals surface area contributed by atoms with Gasteiger partial charge in [-0.05, 0) is 72.0 Å². The van der Waals surface area contributed by atoms with Crippen LogP contribution in [0.2, 0.25) is 0 Å². The van der Waals surface area contributed by atoms with Crippen molar-refractivity contribution in [2.75, 3.05) is 58.4 Å². The summed E-state index contributed by atoms with van der Waals surface area (Å²) in [7, 11) is 3.58. The standard InChI is InChI=1S/C45H57Cl2N3O13/c1-22(2)18-60-33-16-35(62-20-24(5)6)29(13-27(33)40(46)51)42(53)49-31-15-32(39(58-11)37(38(31)57-10)44(55)48-26(9)45(56)59-12)50-43(54)30-14-28(41(47)52)34(61-19-23(3)4)17-36(30)63-21-25(7)8/h13-17,22-26H,18-21H2,1-12H3,(H,48,55)(H,49,53)(H,50,54)/t26-/m0/s1. The van der Waals surface area contributed by atoms with Crippen LogP contribution in [0.5, 0.6) is 34.5 Å². The second kappa shape index (κ2) is 23.6.